The minimum Gasteiger partial charge on any atom is -0.480 e. The number of urea groups is 1. The summed E-state index contributed by atoms with van der Waals surface area (Å²) in [7, 11) is 0. The zero-order valence-corrected chi connectivity index (χ0v) is 12.0. The second kappa shape index (κ2) is 7.72. The van der Waals surface area contributed by atoms with Crippen LogP contribution in [0.4, 0.5) is 4.79 Å². The highest BCUT2D eigenvalue weighted by Gasteiger charge is 2.23. The van der Waals surface area contributed by atoms with Gasteiger partial charge < -0.3 is 20.6 Å². The van der Waals surface area contributed by atoms with Gasteiger partial charge in [-0.25, -0.2) is 9.59 Å². The van der Waals surface area contributed by atoms with Crippen molar-refractivity contribution in [2.45, 2.75) is 39.2 Å². The van der Waals surface area contributed by atoms with E-state index < -0.39 is 18.0 Å². The minimum absolute atomic E-state index is 0.0291. The molecule has 1 saturated heterocycles. The molecule has 1 atom stereocenters. The average Bonchev–Trinajstić information content (AvgIpc) is 2.88. The van der Waals surface area contributed by atoms with Gasteiger partial charge in [-0.3, -0.25) is 4.79 Å². The maximum atomic E-state index is 11.7. The van der Waals surface area contributed by atoms with E-state index in [0.29, 0.717) is 0 Å². The van der Waals surface area contributed by atoms with Crippen LogP contribution in [0.1, 0.15) is 33.1 Å². The molecule has 1 fully saturated rings. The third kappa shape index (κ3) is 5.07. The maximum absolute atomic E-state index is 11.7. The van der Waals surface area contributed by atoms with Gasteiger partial charge in [-0.05, 0) is 18.8 Å². The first-order valence-corrected chi connectivity index (χ1v) is 6.96. The van der Waals surface area contributed by atoms with Crippen molar-refractivity contribution >= 4 is 17.9 Å². The van der Waals surface area contributed by atoms with Crippen molar-refractivity contribution in [3.8, 4) is 0 Å². The summed E-state index contributed by atoms with van der Waals surface area (Å²) >= 11 is 0. The molecule has 7 nitrogen and oxygen atoms in total. The number of carboxylic acids is 1. The number of nitrogens with one attached hydrogen (secondary N) is 2. The van der Waals surface area contributed by atoms with E-state index in [4.69, 9.17) is 5.11 Å². The van der Waals surface area contributed by atoms with E-state index in [1.54, 1.807) is 18.7 Å². The van der Waals surface area contributed by atoms with Gasteiger partial charge in [0.05, 0.1) is 0 Å². The van der Waals surface area contributed by atoms with Crippen LogP contribution in [0.15, 0.2) is 0 Å². The van der Waals surface area contributed by atoms with Gasteiger partial charge in [0.2, 0.25) is 5.91 Å². The first-order valence-electron chi connectivity index (χ1n) is 6.96. The number of nitrogens with zero attached hydrogens (tertiary/aromatic N) is 1. The normalized spacial score (nSPS) is 16.1. The highest BCUT2D eigenvalue weighted by molar-refractivity contribution is 5.83. The van der Waals surface area contributed by atoms with E-state index >= 15 is 0 Å². The molecule has 0 radical (unpaired) electrons. The summed E-state index contributed by atoms with van der Waals surface area (Å²) in [5.74, 6) is -1.24. The Morgan fingerprint density at radius 2 is 1.80 bits per heavy atom. The second-order valence-electron chi connectivity index (χ2n) is 5.30. The predicted molar refractivity (Wildman–Crippen MR) is 73.2 cm³/mol. The SMILES string of the molecule is CC(C)[C@H](NC(=O)NCCC(=O)N1CCCC1)C(=O)O. The molecule has 0 unspecified atom stereocenters. The highest BCUT2D eigenvalue weighted by atomic mass is 16.4. The fourth-order valence-electron chi connectivity index (χ4n) is 2.11. The molecule has 0 aromatic rings. The zero-order valence-electron chi connectivity index (χ0n) is 12.0. The predicted octanol–water partition coefficient (Wildman–Crippen LogP) is 0.407. The van der Waals surface area contributed by atoms with Crippen molar-refractivity contribution in [2.24, 2.45) is 5.92 Å². The number of carbonyl (C=O) groups is 3. The molecular weight excluding hydrogens is 262 g/mol. The standard InChI is InChI=1S/C13H23N3O4/c1-9(2)11(12(18)19)15-13(20)14-6-5-10(17)16-7-3-4-8-16/h9,11H,3-8H2,1-2H3,(H,18,19)(H2,14,15,20)/t11-/m0/s1. The van der Waals surface area contributed by atoms with Crippen molar-refractivity contribution in [3.63, 3.8) is 0 Å². The molecule has 0 aromatic heterocycles. The van der Waals surface area contributed by atoms with Crippen LogP contribution >= 0.6 is 0 Å². The number of amides is 3. The van der Waals surface area contributed by atoms with Crippen LogP contribution < -0.4 is 10.6 Å². The number of hydrogen-bond acceptors (Lipinski definition) is 3. The summed E-state index contributed by atoms with van der Waals surface area (Å²) in [4.78, 5) is 36.0. The molecule has 114 valence electrons. The van der Waals surface area contributed by atoms with Gasteiger partial charge in [-0.15, -0.1) is 0 Å². The Hall–Kier alpha value is -1.79. The number of aliphatic carboxylic acids is 1. The number of carboxylic acid groups (broad SMARTS) is 1. The summed E-state index contributed by atoms with van der Waals surface area (Å²) in [5, 5.41) is 13.8. The van der Waals surface area contributed by atoms with Crippen LogP contribution in [0, 0.1) is 5.92 Å². The lowest BCUT2D eigenvalue weighted by atomic mass is 10.1. The van der Waals surface area contributed by atoms with Crippen LogP contribution in [0.2, 0.25) is 0 Å². The smallest absolute Gasteiger partial charge is 0.326 e. The van der Waals surface area contributed by atoms with Crippen LogP contribution in [0.3, 0.4) is 0 Å². The molecule has 1 rings (SSSR count). The van der Waals surface area contributed by atoms with Crippen molar-refractivity contribution in [2.75, 3.05) is 19.6 Å². The Morgan fingerprint density at radius 3 is 2.30 bits per heavy atom. The Labute approximate surface area is 118 Å². The summed E-state index contributed by atoms with van der Waals surface area (Å²) in [6.45, 7) is 5.23. The van der Waals surface area contributed by atoms with Gasteiger partial charge in [0.25, 0.3) is 0 Å². The highest BCUT2D eigenvalue weighted by Crippen LogP contribution is 2.08. The number of carbonyl (C=O) groups excluding carboxylic acids is 2. The lowest BCUT2D eigenvalue weighted by Crippen LogP contribution is -2.49. The minimum atomic E-state index is -1.07. The first kappa shape index (κ1) is 16.3. The summed E-state index contributed by atoms with van der Waals surface area (Å²) in [5.41, 5.74) is 0. The third-order valence-electron chi connectivity index (χ3n) is 3.30. The molecule has 20 heavy (non-hydrogen) atoms. The molecule has 0 saturated carbocycles. The van der Waals surface area contributed by atoms with Gasteiger partial charge >= 0.3 is 12.0 Å². The molecule has 0 aliphatic carbocycles. The van der Waals surface area contributed by atoms with Gasteiger partial charge in [0.15, 0.2) is 0 Å². The number of likely N-dealkylation sites (tertiary alicyclic amines) is 1. The molecule has 7 heteroatoms. The van der Waals surface area contributed by atoms with Gasteiger partial charge in [-0.1, -0.05) is 13.8 Å². The number of hydrogen-bond donors (Lipinski definition) is 3. The van der Waals surface area contributed by atoms with Crippen LogP contribution in [-0.2, 0) is 9.59 Å². The van der Waals surface area contributed by atoms with E-state index in [0.717, 1.165) is 25.9 Å². The summed E-state index contributed by atoms with van der Waals surface area (Å²) < 4.78 is 0. The molecule has 3 N–H and O–H groups in total. The van der Waals surface area contributed by atoms with E-state index in [2.05, 4.69) is 10.6 Å². The first-order chi connectivity index (χ1) is 9.41. The Balaban J connectivity index is 2.25. The van der Waals surface area contributed by atoms with Crippen LogP contribution in [0.5, 0.6) is 0 Å². The average molecular weight is 285 g/mol. The molecule has 1 heterocycles. The zero-order chi connectivity index (χ0) is 15.1. The van der Waals surface area contributed by atoms with Gasteiger partial charge in [0, 0.05) is 26.1 Å². The second-order valence-corrected chi connectivity index (χ2v) is 5.30. The molecule has 0 spiro atoms. The summed E-state index contributed by atoms with van der Waals surface area (Å²) in [6, 6.07) is -1.48. The van der Waals surface area contributed by atoms with E-state index in [-0.39, 0.29) is 24.8 Å². The van der Waals surface area contributed by atoms with Crippen LogP contribution in [0.25, 0.3) is 0 Å². The van der Waals surface area contributed by atoms with E-state index in [1.165, 1.54) is 0 Å². The molecule has 0 aromatic carbocycles. The quantitative estimate of drug-likeness (QED) is 0.658. The molecule has 1 aliphatic rings. The monoisotopic (exact) mass is 285 g/mol. The van der Waals surface area contributed by atoms with Crippen molar-refractivity contribution in [1.82, 2.24) is 15.5 Å². The van der Waals surface area contributed by atoms with Crippen molar-refractivity contribution in [3.05, 3.63) is 0 Å². The van der Waals surface area contributed by atoms with Gasteiger partial charge in [0.1, 0.15) is 6.04 Å². The fourth-order valence-corrected chi connectivity index (χ4v) is 2.11. The molecular formula is C13H23N3O4. The van der Waals surface area contributed by atoms with Crippen molar-refractivity contribution in [1.29, 1.82) is 0 Å². The lowest BCUT2D eigenvalue weighted by molar-refractivity contribution is -0.140. The summed E-state index contributed by atoms with van der Waals surface area (Å²) in [6.07, 6.45) is 2.31. The van der Waals surface area contributed by atoms with Gasteiger partial charge in [-0.2, -0.15) is 0 Å². The van der Waals surface area contributed by atoms with E-state index in [1.807, 2.05) is 0 Å². The third-order valence-corrected chi connectivity index (χ3v) is 3.30. The molecule has 3 amide bonds. The Bertz CT molecular complexity index is 365. The van der Waals surface area contributed by atoms with Crippen LogP contribution in [-0.4, -0.2) is 53.6 Å². The Morgan fingerprint density at radius 1 is 1.20 bits per heavy atom. The lowest BCUT2D eigenvalue weighted by Gasteiger charge is -2.19. The molecule has 0 bridgehead atoms. The fraction of sp³-hybridized carbons (Fsp3) is 0.769. The molecule has 1 aliphatic heterocycles. The van der Waals surface area contributed by atoms with E-state index in [9.17, 15) is 14.4 Å². The van der Waals surface area contributed by atoms with Crippen molar-refractivity contribution < 1.29 is 19.5 Å². The maximum Gasteiger partial charge on any atom is 0.326 e. The Kier molecular flexibility index (Phi) is 6.27. The largest absolute Gasteiger partial charge is 0.480 e. The topological polar surface area (TPSA) is 98.7 Å². The number of rotatable bonds is 6.